The van der Waals surface area contributed by atoms with E-state index in [4.69, 9.17) is 7.16 Å². The van der Waals surface area contributed by atoms with Crippen molar-refractivity contribution in [1.82, 2.24) is 13.7 Å². The molecule has 6 heterocycles. The SMILES string of the molecule is [2H]c1c([2H])c([2H])c2c(c1[2H])c1c([2H])c([2H])c([2H])c([2H])c1n2-c1ccc2c(c1)N(c1cc(-c3ccccc3)cc3oc4ccccc4c13)c1cc(C(C)(C)C)cc3c1B2c1ccc(-n2c4ccc(C(C)(C)C)cc4c4cc(C(C)(C)C)ccc42)cc1N3c1cc(-c2ccc(C(C)(C)C)cc2)cc2c1c1ccccc1n2-c1ccccc1. The van der Waals surface area contributed by atoms with E-state index in [0.717, 1.165) is 133 Å². The van der Waals surface area contributed by atoms with E-state index in [1.807, 2.05) is 24.3 Å². The number of hydrogen-bond donors (Lipinski definition) is 0. The molecule has 0 spiro atoms. The lowest BCUT2D eigenvalue weighted by atomic mass is 9.33. The first kappa shape index (κ1) is 56.3. The lowest BCUT2D eigenvalue weighted by molar-refractivity contribution is 0.590. The van der Waals surface area contributed by atoms with Gasteiger partial charge in [-0.2, -0.15) is 0 Å². The van der Waals surface area contributed by atoms with Crippen molar-refractivity contribution < 1.29 is 15.4 Å². The number of rotatable bonds is 7. The highest BCUT2D eigenvalue weighted by Crippen LogP contribution is 2.54. The molecule has 0 bridgehead atoms. The Morgan fingerprint density at radius 3 is 1.31 bits per heavy atom. The summed E-state index contributed by atoms with van der Waals surface area (Å²) in [6.45, 7) is 26.8. The van der Waals surface area contributed by atoms with Crippen LogP contribution in [0.3, 0.4) is 0 Å². The van der Waals surface area contributed by atoms with Gasteiger partial charge in [0.05, 0.1) is 60.8 Å². The Labute approximate surface area is 637 Å². The van der Waals surface area contributed by atoms with Gasteiger partial charge in [0.2, 0.25) is 0 Å². The maximum atomic E-state index is 9.86. The molecule has 0 aliphatic carbocycles. The summed E-state index contributed by atoms with van der Waals surface area (Å²) in [4.78, 5) is 5.00. The smallest absolute Gasteiger partial charge is 0.252 e. The van der Waals surface area contributed by atoms with E-state index < -0.39 is 48.4 Å². The highest BCUT2D eigenvalue weighted by molar-refractivity contribution is 7.00. The molecule has 0 radical (unpaired) electrons. The molecule has 0 saturated carbocycles. The molecule has 0 N–H and O–H groups in total. The molecular weight excluding hydrogens is 1300 g/mol. The van der Waals surface area contributed by atoms with Crippen LogP contribution in [0.1, 0.15) is 116 Å². The van der Waals surface area contributed by atoms with E-state index in [-0.39, 0.29) is 50.1 Å². The van der Waals surface area contributed by atoms with E-state index in [9.17, 15) is 8.22 Å². The summed E-state index contributed by atoms with van der Waals surface area (Å²) < 4.78 is 89.3. The second-order valence-electron chi connectivity index (χ2n) is 33.6. The van der Waals surface area contributed by atoms with Crippen molar-refractivity contribution in [1.29, 1.82) is 0 Å². The topological polar surface area (TPSA) is 34.4 Å². The highest BCUT2D eigenvalue weighted by atomic mass is 16.3. The van der Waals surface area contributed by atoms with Crippen LogP contribution in [-0.2, 0) is 21.7 Å². The molecule has 0 saturated heterocycles. The predicted octanol–water partition coefficient (Wildman–Crippen LogP) is 25.5. The van der Waals surface area contributed by atoms with Crippen LogP contribution in [0.4, 0.5) is 34.1 Å². The molecule has 0 unspecified atom stereocenters. The molecule has 518 valence electrons. The molecule has 2 aliphatic rings. The van der Waals surface area contributed by atoms with E-state index >= 15 is 0 Å². The van der Waals surface area contributed by atoms with Gasteiger partial charge >= 0.3 is 0 Å². The van der Waals surface area contributed by atoms with Gasteiger partial charge in [-0.15, -0.1) is 0 Å². The highest BCUT2D eigenvalue weighted by Gasteiger charge is 2.46. The molecule has 0 fully saturated rings. The van der Waals surface area contributed by atoms with Crippen molar-refractivity contribution in [2.24, 2.45) is 0 Å². The zero-order chi connectivity index (χ0) is 79.9. The van der Waals surface area contributed by atoms with Crippen LogP contribution in [0.2, 0.25) is 0 Å². The molecule has 20 rings (SSSR count). The summed E-state index contributed by atoms with van der Waals surface area (Å²) in [7, 11) is 0. The number of fused-ring (bicyclic) bond motifs is 16. The number of benzene rings is 14. The van der Waals surface area contributed by atoms with Gasteiger partial charge in [0, 0.05) is 77.5 Å². The summed E-state index contributed by atoms with van der Waals surface area (Å²) in [5.74, 6) is 0. The van der Waals surface area contributed by atoms with Crippen molar-refractivity contribution in [2.45, 2.75) is 105 Å². The minimum absolute atomic E-state index is 0.00569. The number of para-hydroxylation sites is 5. The standard InChI is InChI=1S/C100H84BN5O/c1-97(2,3)65-41-39-62(40-42-65)63-51-87-94(74-33-21-25-37-82(74)102(87)69-29-17-14-18-30-69)88(52-63)105-85-60-71(104-83-49-43-66(98(4,5)6)55-76(83)77-56-67(99(7,8)9)44-50-84(77)104)46-48-78(85)101-79-47-45-70(103-80-35-23-19-31-72(80)73-32-20-24-36-81(73)103)59-86(79)106(91-58-68(100(10,11)12)57-90(105)96(91)101)89-53-64(61-27-15-13-16-28-61)54-93-95(89)75-34-22-26-38-92(75)107-93/h13-60H,1-12H3/i19D,20D,23D,24D,31D,32D,35D,36D. The number of nitrogens with zero attached hydrogens (tertiary/aromatic N) is 5. The van der Waals surface area contributed by atoms with Crippen LogP contribution >= 0.6 is 0 Å². The van der Waals surface area contributed by atoms with Crippen molar-refractivity contribution in [3.8, 4) is 39.3 Å². The Morgan fingerprint density at radius 1 is 0.280 bits per heavy atom. The van der Waals surface area contributed by atoms with Gasteiger partial charge in [-0.25, -0.2) is 0 Å². The van der Waals surface area contributed by atoms with Crippen LogP contribution < -0.4 is 26.2 Å². The van der Waals surface area contributed by atoms with Crippen molar-refractivity contribution >= 4 is 145 Å². The Kier molecular flexibility index (Phi) is 12.2. The first-order valence-corrected chi connectivity index (χ1v) is 37.3. The third-order valence-corrected chi connectivity index (χ3v) is 22.8. The fourth-order valence-electron chi connectivity index (χ4n) is 17.4. The van der Waals surface area contributed by atoms with Gasteiger partial charge in [0.1, 0.15) is 11.2 Å². The Balaban J connectivity index is 0.975. The molecule has 7 heteroatoms. The molecule has 107 heavy (non-hydrogen) atoms. The number of furan rings is 1. The molecule has 4 aromatic heterocycles. The predicted molar refractivity (Wildman–Crippen MR) is 456 cm³/mol. The first-order chi connectivity index (χ1) is 54.9. The summed E-state index contributed by atoms with van der Waals surface area (Å²) in [6.07, 6.45) is 0. The maximum absolute atomic E-state index is 9.86. The Morgan fingerprint density at radius 2 is 0.738 bits per heavy atom. The summed E-state index contributed by atoms with van der Waals surface area (Å²) >= 11 is 0. The van der Waals surface area contributed by atoms with Crippen LogP contribution in [0.15, 0.2) is 295 Å². The summed E-state index contributed by atoms with van der Waals surface area (Å²) in [5.41, 5.74) is 24.5. The van der Waals surface area contributed by atoms with Gasteiger partial charge in [-0.1, -0.05) is 253 Å². The summed E-state index contributed by atoms with van der Waals surface area (Å²) in [6, 6.07) is 85.2. The first-order valence-electron chi connectivity index (χ1n) is 41.3. The second-order valence-corrected chi connectivity index (χ2v) is 33.6. The molecule has 0 amide bonds. The van der Waals surface area contributed by atoms with E-state index in [1.165, 1.54) is 27.5 Å². The second kappa shape index (κ2) is 23.2. The number of anilines is 6. The van der Waals surface area contributed by atoms with Crippen molar-refractivity contribution in [3.05, 3.63) is 313 Å². The van der Waals surface area contributed by atoms with Gasteiger partial charge in [-0.05, 0) is 204 Å². The van der Waals surface area contributed by atoms with Crippen LogP contribution in [0.5, 0.6) is 0 Å². The van der Waals surface area contributed by atoms with Crippen LogP contribution in [-0.4, -0.2) is 20.4 Å². The third-order valence-electron chi connectivity index (χ3n) is 22.8. The van der Waals surface area contributed by atoms with Crippen LogP contribution in [0.25, 0.3) is 127 Å². The Hall–Kier alpha value is -12.1. The third kappa shape index (κ3) is 9.99. The number of aromatic nitrogens is 3. The molecular formula is C100H84BN5O. The lowest BCUT2D eigenvalue weighted by Gasteiger charge is -2.45. The van der Waals surface area contributed by atoms with Crippen molar-refractivity contribution in [3.63, 3.8) is 0 Å². The van der Waals surface area contributed by atoms with Gasteiger partial charge in [0.25, 0.3) is 6.71 Å². The summed E-state index contributed by atoms with van der Waals surface area (Å²) in [5, 5.41) is 6.30. The fraction of sp³-hybridized carbons (Fsp3) is 0.160. The molecule has 0 atom stereocenters. The molecule has 18 aromatic rings. The molecule has 2 aliphatic heterocycles. The molecule has 14 aromatic carbocycles. The number of hydrogen-bond acceptors (Lipinski definition) is 3. The van der Waals surface area contributed by atoms with Gasteiger partial charge in [0.15, 0.2) is 0 Å². The monoisotopic (exact) mass is 1390 g/mol. The molecule has 6 nitrogen and oxygen atoms in total. The van der Waals surface area contributed by atoms with Crippen LogP contribution in [0, 0.1) is 0 Å². The van der Waals surface area contributed by atoms with E-state index in [0.29, 0.717) is 16.9 Å². The zero-order valence-electron chi connectivity index (χ0n) is 70.3. The minimum atomic E-state index is -0.516. The van der Waals surface area contributed by atoms with E-state index in [1.54, 1.807) is 4.57 Å². The Bertz CT molecular complexity index is 7100. The average molecular weight is 1390 g/mol. The fourth-order valence-corrected chi connectivity index (χ4v) is 17.4. The van der Waals surface area contributed by atoms with Gasteiger partial charge in [-0.3, -0.25) is 0 Å². The van der Waals surface area contributed by atoms with Crippen molar-refractivity contribution in [2.75, 3.05) is 9.80 Å². The average Bonchev–Trinajstić information content (AvgIpc) is 1.61. The van der Waals surface area contributed by atoms with Gasteiger partial charge < -0.3 is 27.9 Å². The minimum Gasteiger partial charge on any atom is -0.456 e. The van der Waals surface area contributed by atoms with E-state index in [2.05, 4.69) is 320 Å². The zero-order valence-corrected chi connectivity index (χ0v) is 62.3. The maximum Gasteiger partial charge on any atom is 0.252 e. The normalized spacial score (nSPS) is 14.4. The lowest BCUT2D eigenvalue weighted by Crippen LogP contribution is -2.61. The largest absolute Gasteiger partial charge is 0.456 e. The quantitative estimate of drug-likeness (QED) is 0.149.